The fourth-order valence-electron chi connectivity index (χ4n) is 1.43. The summed E-state index contributed by atoms with van der Waals surface area (Å²) in [5, 5.41) is 14.2. The van der Waals surface area contributed by atoms with Crippen LogP contribution in [0.4, 0.5) is 9.59 Å². The number of rotatable bonds is 7. The summed E-state index contributed by atoms with van der Waals surface area (Å²) in [6.07, 6.45) is -1.04. The molecule has 11 heteroatoms. The van der Waals surface area contributed by atoms with Gasteiger partial charge >= 0.3 is 18.2 Å². The zero-order chi connectivity index (χ0) is 23.3. The number of nitrogens with zero attached hydrogens (tertiary/aromatic N) is 1. The van der Waals surface area contributed by atoms with Gasteiger partial charge in [-0.05, 0) is 41.5 Å². The van der Waals surface area contributed by atoms with Crippen LogP contribution in [-0.2, 0) is 23.9 Å². The van der Waals surface area contributed by atoms with Crippen LogP contribution in [0.25, 0.3) is 0 Å². The standard InChI is InChI=1S/C10H20N2O4.C8H15NO4/c1-10(2,3)16-9(14)11-7-6-8(13)12(4)15-5;1-8(2,3)13-7(12)9-5-4-6(10)11/h6-7H2,1-5H3,(H,11,14);4-5H2,1-3H3,(H,9,12)(H,10,11). The van der Waals surface area contributed by atoms with Crippen LogP contribution in [0.2, 0.25) is 0 Å². The summed E-state index contributed by atoms with van der Waals surface area (Å²) in [4.78, 5) is 48.1. The van der Waals surface area contributed by atoms with E-state index in [-0.39, 0.29) is 31.8 Å². The number of carboxylic acids is 1. The lowest BCUT2D eigenvalue weighted by Gasteiger charge is -2.20. The molecule has 0 heterocycles. The van der Waals surface area contributed by atoms with Crippen molar-refractivity contribution in [2.45, 2.75) is 65.6 Å². The molecule has 0 rings (SSSR count). The van der Waals surface area contributed by atoms with Gasteiger partial charge < -0.3 is 25.2 Å². The molecule has 0 saturated carbocycles. The summed E-state index contributed by atoms with van der Waals surface area (Å²) in [6.45, 7) is 10.9. The summed E-state index contributed by atoms with van der Waals surface area (Å²) in [5.41, 5.74) is -1.08. The van der Waals surface area contributed by atoms with E-state index in [0.29, 0.717) is 0 Å². The van der Waals surface area contributed by atoms with Crippen molar-refractivity contribution in [2.24, 2.45) is 0 Å². The first-order valence-corrected chi connectivity index (χ1v) is 9.03. The zero-order valence-electron chi connectivity index (χ0n) is 18.6. The van der Waals surface area contributed by atoms with Gasteiger partial charge in [0.1, 0.15) is 11.2 Å². The molecular formula is C18H35N3O8. The number of carbonyl (C=O) groups excluding carboxylic acids is 3. The molecule has 0 fully saturated rings. The molecule has 0 radical (unpaired) electrons. The maximum Gasteiger partial charge on any atom is 0.407 e. The van der Waals surface area contributed by atoms with Crippen LogP contribution in [0, 0.1) is 0 Å². The molecule has 170 valence electrons. The number of amides is 3. The molecule has 0 aliphatic heterocycles. The van der Waals surface area contributed by atoms with E-state index in [2.05, 4.69) is 15.5 Å². The highest BCUT2D eigenvalue weighted by atomic mass is 16.7. The summed E-state index contributed by atoms with van der Waals surface area (Å²) in [7, 11) is 2.91. The molecule has 11 nitrogen and oxygen atoms in total. The van der Waals surface area contributed by atoms with Crippen LogP contribution < -0.4 is 10.6 Å². The van der Waals surface area contributed by atoms with Crippen LogP contribution in [-0.4, -0.2) is 72.7 Å². The van der Waals surface area contributed by atoms with E-state index in [0.717, 1.165) is 5.06 Å². The first-order valence-electron chi connectivity index (χ1n) is 9.03. The van der Waals surface area contributed by atoms with Gasteiger partial charge in [0.2, 0.25) is 5.91 Å². The minimum absolute atomic E-state index is 0.0875. The SMILES string of the molecule is CC(C)(C)OC(=O)NCCC(=O)O.CON(C)C(=O)CCNC(=O)OC(C)(C)C. The number of carboxylic acid groups (broad SMARTS) is 1. The number of hydrogen-bond donors (Lipinski definition) is 3. The van der Waals surface area contributed by atoms with Crippen molar-refractivity contribution in [3.8, 4) is 0 Å². The molecule has 3 amide bonds. The Hall–Kier alpha value is -2.56. The first-order chi connectivity index (χ1) is 13.1. The molecule has 0 spiro atoms. The second-order valence-corrected chi connectivity index (χ2v) is 7.82. The molecule has 0 unspecified atom stereocenters. The van der Waals surface area contributed by atoms with Gasteiger partial charge in [0.05, 0.1) is 13.5 Å². The Kier molecular flexibility index (Phi) is 13.4. The Balaban J connectivity index is 0. The van der Waals surface area contributed by atoms with Gasteiger partial charge in [-0.25, -0.2) is 14.7 Å². The molecule has 0 saturated heterocycles. The Bertz CT molecular complexity index is 538. The highest BCUT2D eigenvalue weighted by Gasteiger charge is 2.17. The fraction of sp³-hybridized carbons (Fsp3) is 0.778. The maximum atomic E-state index is 11.2. The van der Waals surface area contributed by atoms with E-state index in [1.807, 2.05) is 0 Å². The van der Waals surface area contributed by atoms with Crippen molar-refractivity contribution in [3.63, 3.8) is 0 Å². The zero-order valence-corrected chi connectivity index (χ0v) is 18.6. The van der Waals surface area contributed by atoms with Crippen LogP contribution in [0.5, 0.6) is 0 Å². The Morgan fingerprint density at radius 2 is 1.21 bits per heavy atom. The maximum absolute atomic E-state index is 11.2. The van der Waals surface area contributed by atoms with E-state index in [4.69, 9.17) is 14.6 Å². The third-order valence-electron chi connectivity index (χ3n) is 2.64. The monoisotopic (exact) mass is 421 g/mol. The largest absolute Gasteiger partial charge is 0.481 e. The van der Waals surface area contributed by atoms with Crippen LogP contribution in [0.3, 0.4) is 0 Å². The number of aliphatic carboxylic acids is 1. The van der Waals surface area contributed by atoms with E-state index in [1.165, 1.54) is 14.2 Å². The predicted octanol–water partition coefficient (Wildman–Crippen LogP) is 1.91. The first kappa shape index (κ1) is 28.6. The summed E-state index contributed by atoms with van der Waals surface area (Å²) >= 11 is 0. The van der Waals surface area contributed by atoms with Crippen LogP contribution in [0.1, 0.15) is 54.4 Å². The van der Waals surface area contributed by atoms with Gasteiger partial charge in [0.25, 0.3) is 0 Å². The van der Waals surface area contributed by atoms with E-state index in [9.17, 15) is 19.2 Å². The molecule has 29 heavy (non-hydrogen) atoms. The number of hydroxylamine groups is 2. The highest BCUT2D eigenvalue weighted by molar-refractivity contribution is 5.76. The van der Waals surface area contributed by atoms with E-state index < -0.39 is 29.4 Å². The number of alkyl carbamates (subject to hydrolysis) is 2. The summed E-state index contributed by atoms with van der Waals surface area (Å²) < 4.78 is 9.88. The second kappa shape index (κ2) is 13.6. The van der Waals surface area contributed by atoms with Gasteiger partial charge in [0.15, 0.2) is 0 Å². The average Bonchev–Trinajstić information content (AvgIpc) is 2.50. The minimum atomic E-state index is -0.948. The van der Waals surface area contributed by atoms with Gasteiger partial charge in [0, 0.05) is 26.6 Å². The van der Waals surface area contributed by atoms with Gasteiger partial charge in [-0.1, -0.05) is 0 Å². The van der Waals surface area contributed by atoms with E-state index in [1.54, 1.807) is 41.5 Å². The normalized spacial score (nSPS) is 10.8. The lowest BCUT2D eigenvalue weighted by Crippen LogP contribution is -2.35. The second-order valence-electron chi connectivity index (χ2n) is 7.82. The number of ether oxygens (including phenoxy) is 2. The quantitative estimate of drug-likeness (QED) is 0.529. The average molecular weight is 421 g/mol. The van der Waals surface area contributed by atoms with Gasteiger partial charge in [-0.3, -0.25) is 14.4 Å². The van der Waals surface area contributed by atoms with Crippen molar-refractivity contribution in [2.75, 3.05) is 27.2 Å². The Morgan fingerprint density at radius 3 is 1.52 bits per heavy atom. The van der Waals surface area contributed by atoms with Crippen molar-refractivity contribution in [1.29, 1.82) is 0 Å². The summed E-state index contributed by atoms with van der Waals surface area (Å²) in [5.74, 6) is -1.16. The molecule has 0 aromatic rings. The minimum Gasteiger partial charge on any atom is -0.481 e. The Labute approximate surface area is 172 Å². The number of hydrogen-bond acceptors (Lipinski definition) is 7. The fourth-order valence-corrected chi connectivity index (χ4v) is 1.43. The smallest absolute Gasteiger partial charge is 0.407 e. The van der Waals surface area contributed by atoms with E-state index >= 15 is 0 Å². The topological polar surface area (TPSA) is 143 Å². The molecule has 0 aliphatic rings. The molecule has 3 N–H and O–H groups in total. The highest BCUT2D eigenvalue weighted by Crippen LogP contribution is 2.06. The summed E-state index contributed by atoms with van der Waals surface area (Å²) in [6, 6.07) is 0. The lowest BCUT2D eigenvalue weighted by molar-refractivity contribution is -0.168. The van der Waals surface area contributed by atoms with Crippen molar-refractivity contribution < 1.29 is 38.6 Å². The van der Waals surface area contributed by atoms with Crippen molar-refractivity contribution in [3.05, 3.63) is 0 Å². The molecule has 0 bridgehead atoms. The predicted molar refractivity (Wildman–Crippen MR) is 105 cm³/mol. The van der Waals surface area contributed by atoms with Crippen molar-refractivity contribution in [1.82, 2.24) is 15.7 Å². The van der Waals surface area contributed by atoms with Gasteiger partial charge in [-0.15, -0.1) is 0 Å². The molecule has 0 aromatic heterocycles. The van der Waals surface area contributed by atoms with Crippen LogP contribution in [0.15, 0.2) is 0 Å². The van der Waals surface area contributed by atoms with Crippen LogP contribution >= 0.6 is 0 Å². The third-order valence-corrected chi connectivity index (χ3v) is 2.64. The molecule has 0 atom stereocenters. The number of nitrogens with one attached hydrogen (secondary N) is 2. The third kappa shape index (κ3) is 21.6. The molecular weight excluding hydrogens is 386 g/mol. The molecule has 0 aromatic carbocycles. The molecule has 0 aliphatic carbocycles. The lowest BCUT2D eigenvalue weighted by atomic mass is 10.2. The van der Waals surface area contributed by atoms with Gasteiger partial charge in [-0.2, -0.15) is 0 Å². The number of carbonyl (C=O) groups is 4. The van der Waals surface area contributed by atoms with Crippen molar-refractivity contribution >= 4 is 24.1 Å². The Morgan fingerprint density at radius 1 is 0.828 bits per heavy atom.